The Labute approximate surface area is 114 Å². The van der Waals surface area contributed by atoms with Crippen molar-refractivity contribution in [2.24, 2.45) is 5.41 Å². The lowest BCUT2D eigenvalue weighted by Gasteiger charge is -2.28. The van der Waals surface area contributed by atoms with Gasteiger partial charge in [0.15, 0.2) is 0 Å². The Kier molecular flexibility index (Phi) is 3.32. The zero-order valence-electron chi connectivity index (χ0n) is 12.4. The molecule has 2 rings (SSSR count). The molecule has 0 bridgehead atoms. The highest BCUT2D eigenvalue weighted by atomic mass is 16.6. The quantitative estimate of drug-likeness (QED) is 0.848. The molecule has 0 aromatic carbocycles. The van der Waals surface area contributed by atoms with Gasteiger partial charge in [-0.3, -0.25) is 4.90 Å². The highest BCUT2D eigenvalue weighted by Crippen LogP contribution is 2.42. The van der Waals surface area contributed by atoms with Crippen LogP contribution in [0.15, 0.2) is 12.4 Å². The Bertz CT molecular complexity index is 446. The smallest absolute Gasteiger partial charge is 0.410 e. The fourth-order valence-corrected chi connectivity index (χ4v) is 2.49. The van der Waals surface area contributed by atoms with Crippen LogP contribution in [-0.4, -0.2) is 33.1 Å². The molecule has 1 aliphatic rings. The van der Waals surface area contributed by atoms with Crippen LogP contribution in [-0.2, 0) is 4.74 Å². The zero-order valence-corrected chi connectivity index (χ0v) is 12.4. The summed E-state index contributed by atoms with van der Waals surface area (Å²) in [6.07, 6.45) is 4.13. The number of ether oxygens (including phenoxy) is 1. The average molecular weight is 265 g/mol. The summed E-state index contributed by atoms with van der Waals surface area (Å²) in [5, 5.41) is 0. The van der Waals surface area contributed by atoms with Gasteiger partial charge in [-0.2, -0.15) is 0 Å². The van der Waals surface area contributed by atoms with Crippen LogP contribution < -0.4 is 0 Å². The number of likely N-dealkylation sites (tertiary alicyclic amines) is 1. The van der Waals surface area contributed by atoms with Crippen LogP contribution in [0.5, 0.6) is 0 Å². The fraction of sp³-hybridized carbons (Fsp3) is 0.714. The highest BCUT2D eigenvalue weighted by Gasteiger charge is 2.43. The fourth-order valence-electron chi connectivity index (χ4n) is 2.49. The van der Waals surface area contributed by atoms with Crippen LogP contribution in [0.3, 0.4) is 0 Å². The third kappa shape index (κ3) is 3.28. The van der Waals surface area contributed by atoms with Crippen molar-refractivity contribution in [3.63, 3.8) is 0 Å². The molecule has 19 heavy (non-hydrogen) atoms. The van der Waals surface area contributed by atoms with Gasteiger partial charge in [-0.05, 0) is 32.6 Å². The first-order chi connectivity index (χ1) is 8.68. The highest BCUT2D eigenvalue weighted by molar-refractivity contribution is 5.69. The van der Waals surface area contributed by atoms with Crippen LogP contribution in [0.1, 0.15) is 52.9 Å². The number of imidazole rings is 1. The van der Waals surface area contributed by atoms with Crippen LogP contribution >= 0.6 is 0 Å². The third-order valence-electron chi connectivity index (χ3n) is 3.18. The molecule has 0 unspecified atom stereocenters. The van der Waals surface area contributed by atoms with Gasteiger partial charge in [0.2, 0.25) is 0 Å². The molecule has 106 valence electrons. The summed E-state index contributed by atoms with van der Waals surface area (Å²) in [5.74, 6) is 0.830. The number of carbonyl (C=O) groups excluding carboxylic acids is 1. The third-order valence-corrected chi connectivity index (χ3v) is 3.18. The Balaban J connectivity index is 2.19. The van der Waals surface area contributed by atoms with Crippen molar-refractivity contribution in [1.82, 2.24) is 14.9 Å². The molecular weight excluding hydrogens is 242 g/mol. The Hall–Kier alpha value is -1.52. The minimum Gasteiger partial charge on any atom is -0.444 e. The molecule has 5 heteroatoms. The van der Waals surface area contributed by atoms with Crippen LogP contribution in [0, 0.1) is 5.41 Å². The maximum Gasteiger partial charge on any atom is 0.410 e. The van der Waals surface area contributed by atoms with E-state index in [4.69, 9.17) is 4.74 Å². The van der Waals surface area contributed by atoms with E-state index in [9.17, 15) is 4.79 Å². The summed E-state index contributed by atoms with van der Waals surface area (Å²) in [6, 6.07) is -0.0279. The van der Waals surface area contributed by atoms with Gasteiger partial charge in [-0.25, -0.2) is 9.78 Å². The number of nitrogens with zero attached hydrogens (tertiary/aromatic N) is 2. The summed E-state index contributed by atoms with van der Waals surface area (Å²) >= 11 is 0. The normalized spacial score (nSPS) is 22.6. The predicted octanol–water partition coefficient (Wildman–Crippen LogP) is 3.12. The minimum absolute atomic E-state index is 0.0279. The van der Waals surface area contributed by atoms with Gasteiger partial charge < -0.3 is 9.72 Å². The lowest BCUT2D eigenvalue weighted by molar-refractivity contribution is 0.0207. The van der Waals surface area contributed by atoms with Crippen molar-refractivity contribution in [2.75, 3.05) is 6.54 Å². The van der Waals surface area contributed by atoms with E-state index in [1.807, 2.05) is 20.8 Å². The summed E-state index contributed by atoms with van der Waals surface area (Å²) in [4.78, 5) is 21.5. The lowest BCUT2D eigenvalue weighted by atomic mass is 9.90. The molecule has 1 N–H and O–H groups in total. The minimum atomic E-state index is -0.475. The van der Waals surface area contributed by atoms with Gasteiger partial charge in [0.1, 0.15) is 11.4 Å². The SMILES string of the molecule is CC1(C)C[C@@H](c2ncc[nH]2)N(C(=O)OC(C)(C)C)C1. The predicted molar refractivity (Wildman–Crippen MR) is 72.7 cm³/mol. The van der Waals surface area contributed by atoms with E-state index >= 15 is 0 Å². The molecule has 0 aliphatic carbocycles. The summed E-state index contributed by atoms with van der Waals surface area (Å²) < 4.78 is 5.49. The van der Waals surface area contributed by atoms with Crippen LogP contribution in [0.4, 0.5) is 4.79 Å². The number of hydrogen-bond donors (Lipinski definition) is 1. The van der Waals surface area contributed by atoms with Gasteiger partial charge in [0.25, 0.3) is 0 Å². The summed E-state index contributed by atoms with van der Waals surface area (Å²) in [6.45, 7) is 10.7. The largest absolute Gasteiger partial charge is 0.444 e. The number of H-pyrrole nitrogens is 1. The van der Waals surface area contributed by atoms with E-state index in [0.29, 0.717) is 6.54 Å². The molecule has 0 radical (unpaired) electrons. The standard InChI is InChI=1S/C14H23N3O2/c1-13(2,3)19-12(18)17-9-14(4,5)8-10(17)11-15-6-7-16-11/h6-7,10H,8-9H2,1-5H3,(H,15,16)/t10-/m0/s1. The summed E-state index contributed by atoms with van der Waals surface area (Å²) in [7, 11) is 0. The first-order valence-corrected chi connectivity index (χ1v) is 6.67. The molecule has 2 heterocycles. The maximum atomic E-state index is 12.3. The van der Waals surface area contributed by atoms with Crippen LogP contribution in [0.2, 0.25) is 0 Å². The molecule has 1 amide bonds. The molecular formula is C14H23N3O2. The number of amides is 1. The molecule has 1 saturated heterocycles. The molecule has 0 spiro atoms. The van der Waals surface area contributed by atoms with Gasteiger partial charge >= 0.3 is 6.09 Å². The molecule has 1 fully saturated rings. The van der Waals surface area contributed by atoms with E-state index in [-0.39, 0.29) is 17.6 Å². The van der Waals surface area contributed by atoms with Crippen molar-refractivity contribution in [3.05, 3.63) is 18.2 Å². The topological polar surface area (TPSA) is 58.2 Å². The van der Waals surface area contributed by atoms with Crippen molar-refractivity contribution < 1.29 is 9.53 Å². The van der Waals surface area contributed by atoms with E-state index in [0.717, 1.165) is 12.2 Å². The molecule has 1 aromatic rings. The van der Waals surface area contributed by atoms with Crippen LogP contribution in [0.25, 0.3) is 0 Å². The molecule has 0 saturated carbocycles. The molecule has 1 atom stereocenters. The van der Waals surface area contributed by atoms with Crippen molar-refractivity contribution >= 4 is 6.09 Å². The maximum absolute atomic E-state index is 12.3. The van der Waals surface area contributed by atoms with Crippen molar-refractivity contribution in [3.8, 4) is 0 Å². The number of rotatable bonds is 1. The first kappa shape index (κ1) is 13.9. The zero-order chi connectivity index (χ0) is 14.3. The van der Waals surface area contributed by atoms with E-state index < -0.39 is 5.60 Å². The summed E-state index contributed by atoms with van der Waals surface area (Å²) in [5.41, 5.74) is -0.397. The Morgan fingerprint density at radius 2 is 2.21 bits per heavy atom. The number of aromatic nitrogens is 2. The number of hydrogen-bond acceptors (Lipinski definition) is 3. The van der Waals surface area contributed by atoms with Gasteiger partial charge in [-0.15, -0.1) is 0 Å². The lowest BCUT2D eigenvalue weighted by Crippen LogP contribution is -2.37. The number of carbonyl (C=O) groups is 1. The average Bonchev–Trinajstić information content (AvgIpc) is 2.81. The second kappa shape index (κ2) is 4.54. The van der Waals surface area contributed by atoms with Crippen molar-refractivity contribution in [2.45, 2.75) is 52.7 Å². The Morgan fingerprint density at radius 3 is 2.74 bits per heavy atom. The monoisotopic (exact) mass is 265 g/mol. The van der Waals surface area contributed by atoms with Gasteiger partial charge in [-0.1, -0.05) is 13.8 Å². The van der Waals surface area contributed by atoms with Gasteiger partial charge in [0.05, 0.1) is 6.04 Å². The second-order valence-corrected chi connectivity index (χ2v) is 6.97. The van der Waals surface area contributed by atoms with E-state index in [1.54, 1.807) is 17.3 Å². The van der Waals surface area contributed by atoms with Crippen molar-refractivity contribution in [1.29, 1.82) is 0 Å². The van der Waals surface area contributed by atoms with Gasteiger partial charge in [0, 0.05) is 18.9 Å². The van der Waals surface area contributed by atoms with E-state index in [2.05, 4.69) is 23.8 Å². The number of aromatic amines is 1. The molecule has 1 aromatic heterocycles. The number of nitrogens with one attached hydrogen (secondary N) is 1. The first-order valence-electron chi connectivity index (χ1n) is 6.67. The molecule has 5 nitrogen and oxygen atoms in total. The Morgan fingerprint density at radius 1 is 1.53 bits per heavy atom. The van der Waals surface area contributed by atoms with E-state index in [1.165, 1.54) is 0 Å². The second-order valence-electron chi connectivity index (χ2n) is 6.97. The molecule has 1 aliphatic heterocycles.